The number of aliphatic hydroxyl groups excluding tert-OH is 1. The molecule has 0 spiro atoms. The van der Waals surface area contributed by atoms with Crippen molar-refractivity contribution in [2.45, 2.75) is 129 Å². The van der Waals surface area contributed by atoms with Crippen LogP contribution in [0, 0.1) is 28.6 Å². The van der Waals surface area contributed by atoms with Gasteiger partial charge in [-0.25, -0.2) is 0 Å². The highest BCUT2D eigenvalue weighted by Crippen LogP contribution is 2.68. The highest BCUT2D eigenvalue weighted by atomic mass is 28.4. The topological polar surface area (TPSA) is 38.7 Å². The first-order valence-corrected chi connectivity index (χ1v) is 20.2. The highest BCUT2D eigenvalue weighted by molar-refractivity contribution is 6.70. The van der Waals surface area contributed by atoms with E-state index in [9.17, 15) is 5.11 Å². The van der Waals surface area contributed by atoms with Gasteiger partial charge in [-0.1, -0.05) is 25.5 Å². The molecule has 5 heteroatoms. The van der Waals surface area contributed by atoms with Crippen molar-refractivity contribution in [3.8, 4) is 0 Å². The summed E-state index contributed by atoms with van der Waals surface area (Å²) in [5, 5.41) is 11.1. The quantitative estimate of drug-likeness (QED) is 0.337. The van der Waals surface area contributed by atoms with Crippen LogP contribution in [0.4, 0.5) is 0 Å². The molecule has 0 aromatic heterocycles. The van der Waals surface area contributed by atoms with Gasteiger partial charge in [0.25, 0.3) is 0 Å². The number of allylic oxidation sites excluding steroid dienone is 1. The van der Waals surface area contributed by atoms with Gasteiger partial charge in [-0.05, 0) is 121 Å². The van der Waals surface area contributed by atoms with Crippen LogP contribution in [0.25, 0.3) is 0 Å². The number of hydrogen-bond donors (Lipinski definition) is 1. The molecular formula is C27H50O3Si2. The lowest BCUT2D eigenvalue weighted by atomic mass is 9.46. The second-order valence-corrected chi connectivity index (χ2v) is 23.0. The van der Waals surface area contributed by atoms with Crippen molar-refractivity contribution in [2.75, 3.05) is 0 Å². The molecule has 3 nitrogen and oxygen atoms in total. The lowest BCUT2D eigenvalue weighted by Gasteiger charge is -2.61. The first-order chi connectivity index (χ1) is 14.6. The predicted molar refractivity (Wildman–Crippen MR) is 139 cm³/mol. The van der Waals surface area contributed by atoms with Crippen LogP contribution in [0.1, 0.15) is 72.1 Å². The summed E-state index contributed by atoms with van der Waals surface area (Å²) in [5.41, 5.74) is 1.78. The molecular weight excluding hydrogens is 428 g/mol. The Hall–Kier alpha value is 0.0538. The highest BCUT2D eigenvalue weighted by Gasteiger charge is 2.66. The van der Waals surface area contributed by atoms with Crippen LogP contribution in [0.3, 0.4) is 0 Å². The molecule has 0 heterocycles. The Morgan fingerprint density at radius 1 is 0.938 bits per heavy atom. The van der Waals surface area contributed by atoms with E-state index in [4.69, 9.17) is 8.85 Å². The molecule has 1 N–H and O–H groups in total. The average Bonchev–Trinajstić information content (AvgIpc) is 2.93. The smallest absolute Gasteiger partial charge is 0.184 e. The van der Waals surface area contributed by atoms with Crippen LogP contribution in [0.5, 0.6) is 0 Å². The van der Waals surface area contributed by atoms with E-state index in [1.165, 1.54) is 38.5 Å². The zero-order valence-corrected chi connectivity index (χ0v) is 24.4. The van der Waals surface area contributed by atoms with Gasteiger partial charge in [-0.15, -0.1) is 0 Å². The Kier molecular flexibility index (Phi) is 6.32. The molecule has 3 saturated carbocycles. The first kappa shape index (κ1) is 25.2. The van der Waals surface area contributed by atoms with Crippen molar-refractivity contribution in [1.29, 1.82) is 0 Å². The summed E-state index contributed by atoms with van der Waals surface area (Å²) in [5.74, 6) is 2.19. The zero-order valence-electron chi connectivity index (χ0n) is 22.4. The third kappa shape index (κ3) is 4.06. The largest absolute Gasteiger partial charge is 0.414 e. The van der Waals surface area contributed by atoms with Crippen molar-refractivity contribution in [3.05, 3.63) is 11.6 Å². The Balaban J connectivity index is 1.61. The van der Waals surface area contributed by atoms with Crippen LogP contribution in [-0.2, 0) is 8.85 Å². The van der Waals surface area contributed by atoms with Gasteiger partial charge in [0.15, 0.2) is 16.6 Å². The van der Waals surface area contributed by atoms with Gasteiger partial charge in [0, 0.05) is 11.5 Å². The number of hydrogen-bond acceptors (Lipinski definition) is 3. The fourth-order valence-corrected chi connectivity index (χ4v) is 11.5. The van der Waals surface area contributed by atoms with Crippen LogP contribution in [-0.4, -0.2) is 39.6 Å². The Morgan fingerprint density at radius 3 is 2.19 bits per heavy atom. The predicted octanol–water partition coefficient (Wildman–Crippen LogP) is 7.14. The van der Waals surface area contributed by atoms with E-state index in [0.717, 1.165) is 24.7 Å². The molecule has 4 aliphatic carbocycles. The van der Waals surface area contributed by atoms with Crippen molar-refractivity contribution in [3.63, 3.8) is 0 Å². The maximum absolute atomic E-state index is 11.1. The average molecular weight is 479 g/mol. The lowest BCUT2D eigenvalue weighted by molar-refractivity contribution is -0.159. The van der Waals surface area contributed by atoms with Gasteiger partial charge in [-0.2, -0.15) is 0 Å². The van der Waals surface area contributed by atoms with Crippen molar-refractivity contribution in [1.82, 2.24) is 0 Å². The van der Waals surface area contributed by atoms with E-state index < -0.39 is 22.7 Å². The molecule has 32 heavy (non-hydrogen) atoms. The van der Waals surface area contributed by atoms with Gasteiger partial charge < -0.3 is 14.0 Å². The minimum absolute atomic E-state index is 0.0858. The minimum Gasteiger partial charge on any atom is -0.414 e. The molecule has 4 rings (SSSR count). The molecule has 4 aliphatic rings. The van der Waals surface area contributed by atoms with Gasteiger partial charge in [0.2, 0.25) is 0 Å². The lowest BCUT2D eigenvalue weighted by Crippen LogP contribution is -2.61. The number of rotatable bonds is 5. The molecule has 0 aliphatic heterocycles. The Morgan fingerprint density at radius 2 is 1.59 bits per heavy atom. The zero-order chi connectivity index (χ0) is 23.7. The molecule has 0 saturated heterocycles. The fraction of sp³-hybridized carbons (Fsp3) is 0.926. The Bertz CT molecular complexity index is 751. The third-order valence-corrected chi connectivity index (χ3v) is 11.9. The summed E-state index contributed by atoms with van der Waals surface area (Å²) < 4.78 is 13.5. The van der Waals surface area contributed by atoms with Gasteiger partial charge >= 0.3 is 0 Å². The second kappa shape index (κ2) is 8.04. The van der Waals surface area contributed by atoms with E-state index in [0.29, 0.717) is 17.4 Å². The maximum Gasteiger partial charge on any atom is 0.184 e. The summed E-state index contributed by atoms with van der Waals surface area (Å²) in [4.78, 5) is 0. The van der Waals surface area contributed by atoms with E-state index in [-0.39, 0.29) is 11.0 Å². The standard InChI is InChI=1S/C27H50O3Si2/c1-19(28)27(30-32(7,8)9)17-14-24-22-11-10-20-18-21(29-31(4,5)6)12-15-25(20,2)23(22)13-16-26(24,27)3/h10,19,21-24,28H,11-18H2,1-9H3. The molecule has 8 unspecified atom stereocenters. The fourth-order valence-electron chi connectivity index (χ4n) is 8.75. The molecule has 0 amide bonds. The first-order valence-electron chi connectivity index (χ1n) is 13.4. The van der Waals surface area contributed by atoms with Gasteiger partial charge in [-0.3, -0.25) is 0 Å². The molecule has 0 bridgehead atoms. The third-order valence-electron chi connectivity index (χ3n) is 9.93. The molecule has 8 atom stereocenters. The van der Waals surface area contributed by atoms with Crippen LogP contribution >= 0.6 is 0 Å². The number of fused-ring (bicyclic) bond motifs is 5. The van der Waals surface area contributed by atoms with Crippen molar-refractivity contribution in [2.24, 2.45) is 28.6 Å². The molecule has 0 radical (unpaired) electrons. The maximum atomic E-state index is 11.1. The van der Waals surface area contributed by atoms with Crippen LogP contribution in [0.15, 0.2) is 11.6 Å². The molecule has 3 fully saturated rings. The summed E-state index contributed by atoms with van der Waals surface area (Å²) >= 11 is 0. The van der Waals surface area contributed by atoms with E-state index in [1.54, 1.807) is 5.57 Å². The van der Waals surface area contributed by atoms with Gasteiger partial charge in [0.1, 0.15) is 0 Å². The molecule has 0 aromatic carbocycles. The Labute approximate surface area is 200 Å². The normalized spacial score (nSPS) is 45.5. The summed E-state index contributed by atoms with van der Waals surface area (Å²) in [6.07, 6.45) is 12.3. The van der Waals surface area contributed by atoms with Crippen molar-refractivity contribution < 1.29 is 14.0 Å². The van der Waals surface area contributed by atoms with Gasteiger partial charge in [0.05, 0.1) is 11.7 Å². The van der Waals surface area contributed by atoms with Crippen LogP contribution < -0.4 is 0 Å². The minimum atomic E-state index is -1.78. The van der Waals surface area contributed by atoms with E-state index >= 15 is 0 Å². The SMILES string of the molecule is CC(O)C1(O[Si](C)(C)C)CCC2C3CC=C4CC(O[Si](C)(C)C)CCC4(C)C3CCC21C. The number of aliphatic hydroxyl groups is 1. The monoisotopic (exact) mass is 478 g/mol. The van der Waals surface area contributed by atoms with E-state index in [2.05, 4.69) is 59.2 Å². The van der Waals surface area contributed by atoms with Crippen molar-refractivity contribution >= 4 is 16.6 Å². The van der Waals surface area contributed by atoms with Crippen LogP contribution in [0.2, 0.25) is 39.3 Å². The molecule has 0 aromatic rings. The second-order valence-electron chi connectivity index (χ2n) is 14.1. The molecule has 184 valence electrons. The summed E-state index contributed by atoms with van der Waals surface area (Å²) in [6, 6.07) is 0. The summed E-state index contributed by atoms with van der Waals surface area (Å²) in [7, 11) is -3.27. The summed E-state index contributed by atoms with van der Waals surface area (Å²) in [6.45, 7) is 20.9. The van der Waals surface area contributed by atoms with E-state index in [1.807, 2.05) is 6.92 Å².